The summed E-state index contributed by atoms with van der Waals surface area (Å²) in [6, 6.07) is 1.77. The van der Waals surface area contributed by atoms with Crippen LogP contribution in [0.25, 0.3) is 0 Å². The largest absolute Gasteiger partial charge is 0.392 e. The van der Waals surface area contributed by atoms with Crippen LogP contribution in [0, 0.1) is 11.3 Å². The Morgan fingerprint density at radius 1 is 1.71 bits per heavy atom. The molecule has 0 radical (unpaired) electrons. The average Bonchev–Trinajstić information content (AvgIpc) is 2.54. The number of sulfonamides is 1. The fourth-order valence-electron chi connectivity index (χ4n) is 1.49. The van der Waals surface area contributed by atoms with Crippen LogP contribution in [0.5, 0.6) is 0 Å². The molecular weight excluding hydrogens is 204 g/mol. The first kappa shape index (κ1) is 11.4. The first-order chi connectivity index (χ1) is 6.52. The van der Waals surface area contributed by atoms with Crippen molar-refractivity contribution in [1.82, 2.24) is 4.31 Å². The van der Waals surface area contributed by atoms with E-state index in [9.17, 15) is 13.5 Å². The number of nitriles is 1. The summed E-state index contributed by atoms with van der Waals surface area (Å²) in [5, 5.41) is 16.9. The van der Waals surface area contributed by atoms with Gasteiger partial charge in [-0.25, -0.2) is 8.42 Å². The molecular formula is C8H14N2O3S. The molecule has 14 heavy (non-hydrogen) atoms. The molecule has 1 N–H and O–H groups in total. The van der Waals surface area contributed by atoms with Crippen LogP contribution >= 0.6 is 0 Å². The van der Waals surface area contributed by atoms with Crippen molar-refractivity contribution in [1.29, 1.82) is 5.26 Å². The second-order valence-electron chi connectivity index (χ2n) is 3.37. The minimum absolute atomic E-state index is 0.126. The highest BCUT2D eigenvalue weighted by atomic mass is 32.2. The highest BCUT2D eigenvalue weighted by Gasteiger charge is 2.35. The van der Waals surface area contributed by atoms with Crippen LogP contribution in [0.4, 0.5) is 0 Å². The number of rotatable bonds is 3. The minimum Gasteiger partial charge on any atom is -0.392 e. The van der Waals surface area contributed by atoms with Gasteiger partial charge in [-0.1, -0.05) is 6.92 Å². The Hall–Kier alpha value is -0.640. The normalized spacial score (nSPS) is 25.9. The fourth-order valence-corrected chi connectivity index (χ4v) is 3.14. The van der Waals surface area contributed by atoms with E-state index in [0.29, 0.717) is 13.0 Å². The minimum atomic E-state index is -3.52. The Kier molecular flexibility index (Phi) is 3.48. The van der Waals surface area contributed by atoms with Crippen LogP contribution in [0.1, 0.15) is 19.8 Å². The molecule has 0 bridgehead atoms. The van der Waals surface area contributed by atoms with Crippen molar-refractivity contribution in [3.05, 3.63) is 0 Å². The molecule has 1 rings (SSSR count). The molecule has 80 valence electrons. The van der Waals surface area contributed by atoms with Gasteiger partial charge in [0.2, 0.25) is 10.0 Å². The van der Waals surface area contributed by atoms with Crippen molar-refractivity contribution in [2.24, 2.45) is 0 Å². The van der Waals surface area contributed by atoms with E-state index in [-0.39, 0.29) is 13.0 Å². The predicted molar refractivity (Wildman–Crippen MR) is 50.8 cm³/mol. The number of nitrogens with zero attached hydrogens (tertiary/aromatic N) is 2. The van der Waals surface area contributed by atoms with Gasteiger partial charge < -0.3 is 5.11 Å². The average molecular weight is 218 g/mol. The van der Waals surface area contributed by atoms with E-state index < -0.39 is 21.4 Å². The molecule has 0 saturated carbocycles. The maximum absolute atomic E-state index is 11.7. The molecule has 1 aliphatic rings. The number of aliphatic hydroxyl groups is 1. The summed E-state index contributed by atoms with van der Waals surface area (Å²) in [5.41, 5.74) is 0. The van der Waals surface area contributed by atoms with Gasteiger partial charge in [-0.05, 0) is 12.8 Å². The lowest BCUT2D eigenvalue weighted by Gasteiger charge is -2.18. The van der Waals surface area contributed by atoms with Crippen LogP contribution in [0.3, 0.4) is 0 Å². The third-order valence-corrected chi connectivity index (χ3v) is 4.57. The lowest BCUT2D eigenvalue weighted by atomic mass is 10.3. The standard InChI is InChI=1S/C8H14N2O3S/c1-2-8(5-9)14(12,13)10-4-3-7(11)6-10/h7-8,11H,2-4,6H2,1H3/t7-,8?/m0/s1. The van der Waals surface area contributed by atoms with Gasteiger partial charge in [0, 0.05) is 13.1 Å². The van der Waals surface area contributed by atoms with E-state index in [2.05, 4.69) is 0 Å². The van der Waals surface area contributed by atoms with E-state index in [1.165, 1.54) is 4.31 Å². The van der Waals surface area contributed by atoms with Crippen LogP contribution in [-0.4, -0.2) is 42.3 Å². The van der Waals surface area contributed by atoms with E-state index in [1.807, 2.05) is 0 Å². The first-order valence-electron chi connectivity index (χ1n) is 4.59. The predicted octanol–water partition coefficient (Wildman–Crippen LogP) is -0.315. The van der Waals surface area contributed by atoms with Gasteiger partial charge in [-0.3, -0.25) is 0 Å². The molecule has 1 aliphatic heterocycles. The smallest absolute Gasteiger partial charge is 0.230 e. The fraction of sp³-hybridized carbons (Fsp3) is 0.875. The first-order valence-corrected chi connectivity index (χ1v) is 6.09. The van der Waals surface area contributed by atoms with Crippen LogP contribution < -0.4 is 0 Å². The highest BCUT2D eigenvalue weighted by Crippen LogP contribution is 2.18. The maximum atomic E-state index is 11.7. The molecule has 2 atom stereocenters. The molecule has 1 saturated heterocycles. The Morgan fingerprint density at radius 3 is 2.71 bits per heavy atom. The monoisotopic (exact) mass is 218 g/mol. The maximum Gasteiger partial charge on any atom is 0.230 e. The van der Waals surface area contributed by atoms with E-state index in [4.69, 9.17) is 5.26 Å². The van der Waals surface area contributed by atoms with Crippen LogP contribution in [0.15, 0.2) is 0 Å². The molecule has 0 aliphatic carbocycles. The molecule has 6 heteroatoms. The topological polar surface area (TPSA) is 81.4 Å². The van der Waals surface area contributed by atoms with Crippen LogP contribution in [0.2, 0.25) is 0 Å². The Morgan fingerprint density at radius 2 is 2.36 bits per heavy atom. The zero-order valence-electron chi connectivity index (χ0n) is 8.05. The molecule has 0 aromatic rings. The van der Waals surface area contributed by atoms with Gasteiger partial charge in [0.15, 0.2) is 5.25 Å². The van der Waals surface area contributed by atoms with Gasteiger partial charge in [0.05, 0.1) is 12.2 Å². The van der Waals surface area contributed by atoms with Crippen molar-refractivity contribution in [3.63, 3.8) is 0 Å². The van der Waals surface area contributed by atoms with E-state index in [1.54, 1.807) is 13.0 Å². The number of hydrogen-bond acceptors (Lipinski definition) is 4. The van der Waals surface area contributed by atoms with Crippen molar-refractivity contribution in [2.45, 2.75) is 31.1 Å². The summed E-state index contributed by atoms with van der Waals surface area (Å²) < 4.78 is 24.7. The van der Waals surface area contributed by atoms with Gasteiger partial charge in [-0.2, -0.15) is 9.57 Å². The Balaban J connectivity index is 2.81. The van der Waals surface area contributed by atoms with Crippen molar-refractivity contribution < 1.29 is 13.5 Å². The second-order valence-corrected chi connectivity index (χ2v) is 5.49. The Bertz CT molecular complexity index is 333. The lowest BCUT2D eigenvalue weighted by molar-refractivity contribution is 0.189. The molecule has 5 nitrogen and oxygen atoms in total. The highest BCUT2D eigenvalue weighted by molar-refractivity contribution is 7.90. The van der Waals surface area contributed by atoms with Crippen molar-refractivity contribution >= 4 is 10.0 Å². The third kappa shape index (κ3) is 2.05. The van der Waals surface area contributed by atoms with Crippen LogP contribution in [-0.2, 0) is 10.0 Å². The van der Waals surface area contributed by atoms with Gasteiger partial charge >= 0.3 is 0 Å². The molecule has 1 fully saturated rings. The summed E-state index contributed by atoms with van der Waals surface area (Å²) in [4.78, 5) is 0. The summed E-state index contributed by atoms with van der Waals surface area (Å²) in [6.07, 6.45) is 0.160. The molecule has 0 aromatic heterocycles. The quantitative estimate of drug-likeness (QED) is 0.704. The summed E-state index contributed by atoms with van der Waals surface area (Å²) in [7, 11) is -3.52. The lowest BCUT2D eigenvalue weighted by Crippen LogP contribution is -2.36. The SMILES string of the molecule is CCC(C#N)S(=O)(=O)N1CC[C@H](O)C1. The van der Waals surface area contributed by atoms with Gasteiger partial charge in [-0.15, -0.1) is 0 Å². The summed E-state index contributed by atoms with van der Waals surface area (Å²) in [5.74, 6) is 0. The molecule has 0 spiro atoms. The van der Waals surface area contributed by atoms with E-state index >= 15 is 0 Å². The number of hydrogen-bond donors (Lipinski definition) is 1. The zero-order chi connectivity index (χ0) is 10.8. The second kappa shape index (κ2) is 4.26. The number of aliphatic hydroxyl groups excluding tert-OH is 1. The van der Waals surface area contributed by atoms with E-state index in [0.717, 1.165) is 0 Å². The molecule has 1 heterocycles. The third-order valence-electron chi connectivity index (χ3n) is 2.36. The molecule has 0 aromatic carbocycles. The van der Waals surface area contributed by atoms with Crippen molar-refractivity contribution in [2.75, 3.05) is 13.1 Å². The number of β-amino-alcohol motifs (C(OH)–C–C–N with tert-alkyl or cyclic N) is 1. The summed E-state index contributed by atoms with van der Waals surface area (Å²) in [6.45, 7) is 2.11. The molecule has 1 unspecified atom stereocenters. The molecule has 0 amide bonds. The van der Waals surface area contributed by atoms with Crippen molar-refractivity contribution in [3.8, 4) is 6.07 Å². The summed E-state index contributed by atoms with van der Waals surface area (Å²) >= 11 is 0. The van der Waals surface area contributed by atoms with Gasteiger partial charge in [0.25, 0.3) is 0 Å². The van der Waals surface area contributed by atoms with Gasteiger partial charge in [0.1, 0.15) is 0 Å². The Labute approximate surface area is 84.0 Å². The zero-order valence-corrected chi connectivity index (χ0v) is 8.87.